The van der Waals surface area contributed by atoms with Crippen molar-refractivity contribution < 1.29 is 9.53 Å². The molecular formula is C9H20N2O2. The van der Waals surface area contributed by atoms with Crippen LogP contribution in [0.3, 0.4) is 0 Å². The molecule has 0 aromatic rings. The van der Waals surface area contributed by atoms with E-state index in [1.165, 1.54) is 0 Å². The molecule has 0 fully saturated rings. The van der Waals surface area contributed by atoms with Crippen molar-refractivity contribution in [3.8, 4) is 0 Å². The zero-order valence-corrected chi connectivity index (χ0v) is 8.89. The Balaban J connectivity index is 3.79. The summed E-state index contributed by atoms with van der Waals surface area (Å²) in [6.45, 7) is 5.95. The number of hydrogen-bond donors (Lipinski definition) is 2. The molecule has 78 valence electrons. The van der Waals surface area contributed by atoms with Gasteiger partial charge in [-0.05, 0) is 27.2 Å². The van der Waals surface area contributed by atoms with Crippen LogP contribution in [-0.2, 0) is 9.53 Å². The first-order chi connectivity index (χ1) is 5.88. The van der Waals surface area contributed by atoms with Crippen molar-refractivity contribution in [2.45, 2.75) is 38.8 Å². The molecule has 0 saturated heterocycles. The minimum absolute atomic E-state index is 0.107. The van der Waals surface area contributed by atoms with Crippen molar-refractivity contribution in [1.82, 2.24) is 5.32 Å². The highest BCUT2D eigenvalue weighted by molar-refractivity contribution is 5.85. The molecule has 3 N–H and O–H groups in total. The molecule has 0 heterocycles. The number of carbonyl (C=O) groups excluding carboxylic acids is 1. The van der Waals surface area contributed by atoms with Gasteiger partial charge < -0.3 is 15.8 Å². The summed E-state index contributed by atoms with van der Waals surface area (Å²) in [4.78, 5) is 11.4. The lowest BCUT2D eigenvalue weighted by molar-refractivity contribution is -0.125. The van der Waals surface area contributed by atoms with Crippen LogP contribution in [0.4, 0.5) is 0 Å². The number of amides is 1. The number of rotatable bonds is 5. The van der Waals surface area contributed by atoms with Crippen LogP contribution in [-0.4, -0.2) is 31.2 Å². The highest BCUT2D eigenvalue weighted by Crippen LogP contribution is 1.98. The first-order valence-electron chi connectivity index (χ1n) is 4.46. The van der Waals surface area contributed by atoms with E-state index in [4.69, 9.17) is 10.5 Å². The molecule has 0 aliphatic rings. The van der Waals surface area contributed by atoms with Gasteiger partial charge in [0.25, 0.3) is 0 Å². The van der Waals surface area contributed by atoms with E-state index in [-0.39, 0.29) is 11.9 Å². The fraction of sp³-hybridized carbons (Fsp3) is 0.889. The zero-order valence-electron chi connectivity index (χ0n) is 8.89. The van der Waals surface area contributed by atoms with Crippen molar-refractivity contribution in [3.05, 3.63) is 0 Å². The molecule has 0 spiro atoms. The van der Waals surface area contributed by atoms with Crippen molar-refractivity contribution in [2.24, 2.45) is 5.73 Å². The maximum atomic E-state index is 11.4. The van der Waals surface area contributed by atoms with Gasteiger partial charge in [-0.25, -0.2) is 0 Å². The van der Waals surface area contributed by atoms with Gasteiger partial charge in [0.15, 0.2) is 0 Å². The van der Waals surface area contributed by atoms with Crippen LogP contribution in [0.15, 0.2) is 0 Å². The van der Waals surface area contributed by atoms with Gasteiger partial charge in [-0.2, -0.15) is 0 Å². The van der Waals surface area contributed by atoms with Gasteiger partial charge in [0, 0.05) is 19.8 Å². The van der Waals surface area contributed by atoms with Crippen molar-refractivity contribution >= 4 is 5.91 Å². The molecule has 0 bridgehead atoms. The number of nitrogens with two attached hydrogens (primary N) is 1. The van der Waals surface area contributed by atoms with Crippen LogP contribution >= 0.6 is 0 Å². The van der Waals surface area contributed by atoms with Gasteiger partial charge in [-0.3, -0.25) is 4.79 Å². The first kappa shape index (κ1) is 12.4. The summed E-state index contributed by atoms with van der Waals surface area (Å²) in [5, 5.41) is 2.81. The molecule has 0 radical (unpaired) electrons. The van der Waals surface area contributed by atoms with Gasteiger partial charge in [0.1, 0.15) is 0 Å². The fourth-order valence-electron chi connectivity index (χ4n) is 0.777. The van der Waals surface area contributed by atoms with Crippen LogP contribution in [0.5, 0.6) is 0 Å². The second-order valence-electron chi connectivity index (χ2n) is 3.88. The predicted molar refractivity (Wildman–Crippen MR) is 52.4 cm³/mol. The fourth-order valence-corrected chi connectivity index (χ4v) is 0.777. The Morgan fingerprint density at radius 1 is 1.62 bits per heavy atom. The second kappa shape index (κ2) is 5.19. The maximum absolute atomic E-state index is 11.4. The van der Waals surface area contributed by atoms with E-state index in [0.29, 0.717) is 6.61 Å². The smallest absolute Gasteiger partial charge is 0.239 e. The average Bonchev–Trinajstić information content (AvgIpc) is 1.99. The second-order valence-corrected chi connectivity index (χ2v) is 3.88. The topological polar surface area (TPSA) is 64.3 Å². The minimum Gasteiger partial charge on any atom is -0.385 e. The lowest BCUT2D eigenvalue weighted by Gasteiger charge is -2.21. The largest absolute Gasteiger partial charge is 0.385 e. The number of methoxy groups -OCH3 is 1. The molecule has 0 aliphatic heterocycles. The number of nitrogens with one attached hydrogen (secondary N) is 1. The van der Waals surface area contributed by atoms with Crippen LogP contribution in [0, 0.1) is 0 Å². The highest BCUT2D eigenvalue weighted by atomic mass is 16.5. The molecular weight excluding hydrogens is 168 g/mol. The van der Waals surface area contributed by atoms with E-state index < -0.39 is 5.54 Å². The van der Waals surface area contributed by atoms with Crippen molar-refractivity contribution in [1.29, 1.82) is 0 Å². The molecule has 1 amide bonds. The summed E-state index contributed by atoms with van der Waals surface area (Å²) in [6, 6.07) is 0.107. The molecule has 1 atom stereocenters. The molecule has 4 nitrogen and oxygen atoms in total. The third-order valence-corrected chi connectivity index (χ3v) is 1.72. The lowest BCUT2D eigenvalue weighted by Crippen LogP contribution is -2.51. The summed E-state index contributed by atoms with van der Waals surface area (Å²) >= 11 is 0. The maximum Gasteiger partial charge on any atom is 0.239 e. The van der Waals surface area contributed by atoms with Gasteiger partial charge in [-0.15, -0.1) is 0 Å². The van der Waals surface area contributed by atoms with E-state index in [1.54, 1.807) is 21.0 Å². The number of carbonyl (C=O) groups is 1. The van der Waals surface area contributed by atoms with Gasteiger partial charge in [-0.1, -0.05) is 0 Å². The molecule has 0 saturated carbocycles. The summed E-state index contributed by atoms with van der Waals surface area (Å²) in [5.74, 6) is -0.129. The number of hydrogen-bond acceptors (Lipinski definition) is 3. The average molecular weight is 188 g/mol. The quantitative estimate of drug-likeness (QED) is 0.650. The van der Waals surface area contributed by atoms with Crippen molar-refractivity contribution in [3.63, 3.8) is 0 Å². The van der Waals surface area contributed by atoms with Crippen LogP contribution in [0.1, 0.15) is 27.2 Å². The molecule has 0 aromatic heterocycles. The van der Waals surface area contributed by atoms with E-state index >= 15 is 0 Å². The Bertz CT molecular complexity index is 163. The normalized spacial score (nSPS) is 13.9. The Hall–Kier alpha value is -0.610. The molecule has 0 aliphatic carbocycles. The van der Waals surface area contributed by atoms with E-state index in [1.807, 2.05) is 6.92 Å². The number of ether oxygens (including phenoxy) is 1. The lowest BCUT2D eigenvalue weighted by atomic mass is 10.1. The van der Waals surface area contributed by atoms with Gasteiger partial charge in [0.05, 0.1) is 5.54 Å². The summed E-state index contributed by atoms with van der Waals surface area (Å²) in [6.07, 6.45) is 0.804. The Kier molecular flexibility index (Phi) is 4.95. The monoisotopic (exact) mass is 188 g/mol. The van der Waals surface area contributed by atoms with Gasteiger partial charge in [0.2, 0.25) is 5.91 Å². The molecule has 0 aromatic carbocycles. The van der Waals surface area contributed by atoms with Gasteiger partial charge >= 0.3 is 0 Å². The van der Waals surface area contributed by atoms with E-state index in [0.717, 1.165) is 6.42 Å². The summed E-state index contributed by atoms with van der Waals surface area (Å²) in [5.41, 5.74) is 4.81. The standard InChI is InChI=1S/C9H20N2O2/c1-7(5-6-13-4)11-8(12)9(2,3)10/h7H,5-6,10H2,1-4H3,(H,11,12). The van der Waals surface area contributed by atoms with Crippen LogP contribution in [0.2, 0.25) is 0 Å². The first-order valence-corrected chi connectivity index (χ1v) is 4.46. The van der Waals surface area contributed by atoms with Crippen LogP contribution < -0.4 is 11.1 Å². The minimum atomic E-state index is -0.804. The molecule has 4 heteroatoms. The highest BCUT2D eigenvalue weighted by Gasteiger charge is 2.22. The molecule has 13 heavy (non-hydrogen) atoms. The third-order valence-electron chi connectivity index (χ3n) is 1.72. The van der Waals surface area contributed by atoms with Crippen LogP contribution in [0.25, 0.3) is 0 Å². The Labute approximate surface area is 79.8 Å². The SMILES string of the molecule is COCCC(C)NC(=O)C(C)(C)N. The Morgan fingerprint density at radius 2 is 2.15 bits per heavy atom. The summed E-state index contributed by atoms with van der Waals surface area (Å²) in [7, 11) is 1.64. The third kappa shape index (κ3) is 5.60. The van der Waals surface area contributed by atoms with Crippen molar-refractivity contribution in [2.75, 3.05) is 13.7 Å². The van der Waals surface area contributed by atoms with E-state index in [2.05, 4.69) is 5.32 Å². The Morgan fingerprint density at radius 3 is 2.54 bits per heavy atom. The zero-order chi connectivity index (χ0) is 10.5. The molecule has 0 rings (SSSR count). The van der Waals surface area contributed by atoms with E-state index in [9.17, 15) is 4.79 Å². The molecule has 1 unspecified atom stereocenters. The predicted octanol–water partition coefficient (Wildman–Crippen LogP) is 0.265. The summed E-state index contributed by atoms with van der Waals surface area (Å²) < 4.78 is 4.90.